The van der Waals surface area contributed by atoms with Gasteiger partial charge >= 0.3 is 0 Å². The van der Waals surface area contributed by atoms with Crippen molar-refractivity contribution in [1.29, 1.82) is 0 Å². The number of carbonyl (C=O) groups is 1. The predicted molar refractivity (Wildman–Crippen MR) is 46.5 cm³/mol. The van der Waals surface area contributed by atoms with Crippen molar-refractivity contribution < 1.29 is 26.6 Å². The Labute approximate surface area is 88.8 Å². The molecular formula is C10H11MnO2-. The van der Waals surface area contributed by atoms with E-state index in [2.05, 4.69) is 4.74 Å². The van der Waals surface area contributed by atoms with E-state index in [0.29, 0.717) is 6.42 Å². The van der Waals surface area contributed by atoms with Crippen molar-refractivity contribution >= 4 is 5.97 Å². The average molecular weight is 218 g/mol. The number of rotatable bonds is 3. The molecule has 0 amide bonds. The van der Waals surface area contributed by atoms with E-state index in [0.717, 1.165) is 5.56 Å². The molecule has 71 valence electrons. The van der Waals surface area contributed by atoms with Gasteiger partial charge in [0, 0.05) is 17.1 Å². The molecule has 1 radical (unpaired) electrons. The van der Waals surface area contributed by atoms with Crippen LogP contribution in [0.25, 0.3) is 0 Å². The van der Waals surface area contributed by atoms with Crippen LogP contribution in [0.3, 0.4) is 0 Å². The summed E-state index contributed by atoms with van der Waals surface area (Å²) in [4.78, 5) is 10.7. The Kier molecular flexibility index (Phi) is 6.11. The standard InChI is InChI=1S/C10H11O2.Mn/c1-12-10(11)8-7-9-5-3-2-4-6-9;/h2-6,8H,7H2,1H3;/q-1;. The Hall–Kier alpha value is -0.921. The predicted octanol–water partition coefficient (Wildman–Crippen LogP) is 1.60. The molecule has 0 aliphatic heterocycles. The minimum atomic E-state index is -0.279. The van der Waals surface area contributed by atoms with Gasteiger partial charge in [0.25, 0.3) is 0 Å². The van der Waals surface area contributed by atoms with Gasteiger partial charge in [0.05, 0.1) is 7.11 Å². The molecule has 0 spiro atoms. The Balaban J connectivity index is 0.00000144. The maximum atomic E-state index is 10.7. The fourth-order valence-corrected chi connectivity index (χ4v) is 0.899. The Morgan fingerprint density at radius 3 is 2.54 bits per heavy atom. The summed E-state index contributed by atoms with van der Waals surface area (Å²) in [5.41, 5.74) is 1.11. The molecule has 3 heteroatoms. The largest absolute Gasteiger partial charge is 0.491 e. The second-order valence-corrected chi connectivity index (χ2v) is 2.42. The summed E-state index contributed by atoms with van der Waals surface area (Å²) in [6.07, 6.45) is 2.16. The van der Waals surface area contributed by atoms with Crippen LogP contribution in [0.4, 0.5) is 0 Å². The van der Waals surface area contributed by atoms with Gasteiger partial charge in [0.1, 0.15) is 0 Å². The SMILES string of the molecule is COC(=O)[CH-]Cc1ccccc1.[Mn]. The average Bonchev–Trinajstić information content (AvgIpc) is 2.16. The number of hydrogen-bond donors (Lipinski definition) is 0. The Bertz CT molecular complexity index is 246. The molecule has 0 aliphatic carbocycles. The molecular weight excluding hydrogens is 207 g/mol. The molecule has 2 nitrogen and oxygen atoms in total. The third-order valence-corrected chi connectivity index (χ3v) is 1.55. The molecule has 0 fully saturated rings. The molecule has 1 rings (SSSR count). The van der Waals surface area contributed by atoms with Gasteiger partial charge in [0.2, 0.25) is 0 Å². The van der Waals surface area contributed by atoms with Crippen LogP contribution in [0.2, 0.25) is 0 Å². The first kappa shape index (κ1) is 12.1. The van der Waals surface area contributed by atoms with E-state index >= 15 is 0 Å². The Morgan fingerprint density at radius 2 is 2.00 bits per heavy atom. The topological polar surface area (TPSA) is 26.3 Å². The second kappa shape index (κ2) is 6.58. The first-order chi connectivity index (χ1) is 5.83. The zero-order chi connectivity index (χ0) is 8.81. The first-order valence-corrected chi connectivity index (χ1v) is 3.78. The van der Waals surface area contributed by atoms with Gasteiger partial charge in [-0.3, -0.25) is 11.2 Å². The van der Waals surface area contributed by atoms with E-state index < -0.39 is 0 Å². The van der Waals surface area contributed by atoms with Gasteiger partial charge in [-0.25, -0.2) is 0 Å². The van der Waals surface area contributed by atoms with Crippen LogP contribution < -0.4 is 0 Å². The van der Waals surface area contributed by atoms with Crippen molar-refractivity contribution in [2.75, 3.05) is 7.11 Å². The third kappa shape index (κ3) is 4.61. The normalized spacial score (nSPS) is 8.38. The second-order valence-electron chi connectivity index (χ2n) is 2.42. The summed E-state index contributed by atoms with van der Waals surface area (Å²) in [6.45, 7) is 0. The minimum absolute atomic E-state index is 0. The van der Waals surface area contributed by atoms with Crippen LogP contribution in [0.1, 0.15) is 5.56 Å². The smallest absolute Gasteiger partial charge is 0.166 e. The van der Waals surface area contributed by atoms with E-state index in [9.17, 15) is 4.79 Å². The fourth-order valence-electron chi connectivity index (χ4n) is 0.899. The van der Waals surface area contributed by atoms with Crippen LogP contribution >= 0.6 is 0 Å². The van der Waals surface area contributed by atoms with Crippen LogP contribution in [-0.2, 0) is 33.0 Å². The van der Waals surface area contributed by atoms with E-state index in [-0.39, 0.29) is 23.0 Å². The van der Waals surface area contributed by atoms with E-state index in [1.165, 1.54) is 13.5 Å². The van der Waals surface area contributed by atoms with Crippen LogP contribution in [0.5, 0.6) is 0 Å². The molecule has 13 heavy (non-hydrogen) atoms. The maximum Gasteiger partial charge on any atom is 0.166 e. The third-order valence-electron chi connectivity index (χ3n) is 1.55. The number of benzene rings is 1. The van der Waals surface area contributed by atoms with Crippen molar-refractivity contribution in [3.05, 3.63) is 42.3 Å². The summed E-state index contributed by atoms with van der Waals surface area (Å²) in [5, 5.41) is 0. The molecule has 0 aromatic heterocycles. The molecule has 1 aromatic rings. The molecule has 0 saturated carbocycles. The summed E-state index contributed by atoms with van der Waals surface area (Å²) < 4.78 is 4.48. The molecule has 0 saturated heterocycles. The fraction of sp³-hybridized carbons (Fsp3) is 0.200. The number of hydrogen-bond acceptors (Lipinski definition) is 2. The number of carbonyl (C=O) groups excluding carboxylic acids is 1. The molecule has 0 unspecified atom stereocenters. The van der Waals surface area contributed by atoms with E-state index in [1.54, 1.807) is 0 Å². The Morgan fingerprint density at radius 1 is 1.38 bits per heavy atom. The van der Waals surface area contributed by atoms with Gasteiger partial charge in [-0.2, -0.15) is 0 Å². The molecule has 0 heterocycles. The van der Waals surface area contributed by atoms with Crippen LogP contribution in [0.15, 0.2) is 30.3 Å². The summed E-state index contributed by atoms with van der Waals surface area (Å²) >= 11 is 0. The zero-order valence-electron chi connectivity index (χ0n) is 7.37. The molecule has 0 bridgehead atoms. The van der Waals surface area contributed by atoms with Crippen molar-refractivity contribution in [2.24, 2.45) is 0 Å². The van der Waals surface area contributed by atoms with E-state index in [1.807, 2.05) is 30.3 Å². The number of methoxy groups -OCH3 is 1. The van der Waals surface area contributed by atoms with Crippen molar-refractivity contribution in [3.63, 3.8) is 0 Å². The number of esters is 1. The zero-order valence-corrected chi connectivity index (χ0v) is 8.55. The van der Waals surface area contributed by atoms with Gasteiger partial charge in [-0.1, -0.05) is 35.9 Å². The number of ether oxygens (including phenoxy) is 1. The monoisotopic (exact) mass is 218 g/mol. The quantitative estimate of drug-likeness (QED) is 0.437. The van der Waals surface area contributed by atoms with Gasteiger partial charge in [-0.15, -0.1) is 6.42 Å². The summed E-state index contributed by atoms with van der Waals surface area (Å²) in [5.74, 6) is -0.279. The maximum absolute atomic E-state index is 10.7. The molecule has 0 N–H and O–H groups in total. The minimum Gasteiger partial charge on any atom is -0.491 e. The molecule has 1 aromatic carbocycles. The van der Waals surface area contributed by atoms with Crippen LogP contribution in [0, 0.1) is 6.42 Å². The summed E-state index contributed by atoms with van der Waals surface area (Å²) in [7, 11) is 1.38. The van der Waals surface area contributed by atoms with Gasteiger partial charge in [-0.05, 0) is 0 Å². The molecule has 0 atom stereocenters. The van der Waals surface area contributed by atoms with E-state index in [4.69, 9.17) is 0 Å². The summed E-state index contributed by atoms with van der Waals surface area (Å²) in [6, 6.07) is 9.78. The van der Waals surface area contributed by atoms with Crippen molar-refractivity contribution in [2.45, 2.75) is 6.42 Å². The molecule has 0 aliphatic rings. The first-order valence-electron chi connectivity index (χ1n) is 3.78. The van der Waals surface area contributed by atoms with Crippen LogP contribution in [-0.4, -0.2) is 13.1 Å². The van der Waals surface area contributed by atoms with Gasteiger partial charge < -0.3 is 4.74 Å². The van der Waals surface area contributed by atoms with Crippen molar-refractivity contribution in [3.8, 4) is 0 Å². The van der Waals surface area contributed by atoms with Gasteiger partial charge in [0.15, 0.2) is 5.97 Å². The van der Waals surface area contributed by atoms with Crippen molar-refractivity contribution in [1.82, 2.24) is 0 Å².